The lowest BCUT2D eigenvalue weighted by atomic mass is 10.3. The number of hydrogen-bond donors (Lipinski definition) is 3. The number of nitrogens with zero attached hydrogens (tertiary/aromatic N) is 1. The lowest BCUT2D eigenvalue weighted by Crippen LogP contribution is -2.40. The van der Waals surface area contributed by atoms with Crippen LogP contribution >= 0.6 is 11.6 Å². The molecule has 116 valence electrons. The highest BCUT2D eigenvalue weighted by Crippen LogP contribution is 2.23. The van der Waals surface area contributed by atoms with Crippen LogP contribution in [-0.4, -0.2) is 43.4 Å². The summed E-state index contributed by atoms with van der Waals surface area (Å²) in [6.07, 6.45) is 0.854. The van der Waals surface area contributed by atoms with Crippen molar-refractivity contribution in [3.05, 3.63) is 23.2 Å². The molecule has 0 fully saturated rings. The molecular weight excluding hydrogens is 292 g/mol. The van der Waals surface area contributed by atoms with E-state index in [0.717, 1.165) is 6.42 Å². The van der Waals surface area contributed by atoms with Crippen LogP contribution < -0.4 is 16.4 Å². The Hall–Kier alpha value is -1.79. The van der Waals surface area contributed by atoms with Crippen molar-refractivity contribution in [3.8, 4) is 0 Å². The van der Waals surface area contributed by atoms with Crippen LogP contribution in [-0.2, 0) is 9.59 Å². The van der Waals surface area contributed by atoms with Gasteiger partial charge in [-0.05, 0) is 31.2 Å². The third-order valence-electron chi connectivity index (χ3n) is 2.82. The number of amides is 2. The summed E-state index contributed by atoms with van der Waals surface area (Å²) in [5, 5.41) is 5.65. The fourth-order valence-corrected chi connectivity index (χ4v) is 2.07. The van der Waals surface area contributed by atoms with Gasteiger partial charge >= 0.3 is 0 Å². The number of anilines is 2. The molecule has 0 aromatic heterocycles. The number of halogens is 1. The van der Waals surface area contributed by atoms with Gasteiger partial charge in [0.05, 0.1) is 23.8 Å². The van der Waals surface area contributed by atoms with E-state index in [2.05, 4.69) is 10.6 Å². The number of likely N-dealkylation sites (N-methyl/N-ethyl adjacent to an activating group) is 1. The van der Waals surface area contributed by atoms with Crippen LogP contribution in [0.4, 0.5) is 11.4 Å². The van der Waals surface area contributed by atoms with Crippen molar-refractivity contribution in [1.29, 1.82) is 0 Å². The highest BCUT2D eigenvalue weighted by atomic mass is 35.5. The van der Waals surface area contributed by atoms with Crippen LogP contribution in [0, 0.1) is 0 Å². The maximum Gasteiger partial charge on any atom is 0.238 e. The molecule has 0 saturated carbocycles. The molecular formula is C14H21ClN4O2. The predicted octanol–water partition coefficient (Wildman–Crippen LogP) is 1.32. The van der Waals surface area contributed by atoms with E-state index in [1.54, 1.807) is 30.1 Å². The molecule has 4 N–H and O–H groups in total. The number of nitrogens with one attached hydrogen (secondary N) is 2. The Balaban J connectivity index is 2.62. The zero-order chi connectivity index (χ0) is 15.8. The van der Waals surface area contributed by atoms with Crippen LogP contribution in [0.2, 0.25) is 5.02 Å². The van der Waals surface area contributed by atoms with Crippen molar-refractivity contribution in [2.75, 3.05) is 37.7 Å². The van der Waals surface area contributed by atoms with E-state index < -0.39 is 0 Å². The molecule has 0 spiro atoms. The number of nitrogen functional groups attached to an aromatic ring is 1. The van der Waals surface area contributed by atoms with Crippen molar-refractivity contribution in [2.45, 2.75) is 13.3 Å². The van der Waals surface area contributed by atoms with E-state index >= 15 is 0 Å². The average molecular weight is 313 g/mol. The largest absolute Gasteiger partial charge is 0.399 e. The van der Waals surface area contributed by atoms with Crippen molar-refractivity contribution >= 4 is 34.8 Å². The summed E-state index contributed by atoms with van der Waals surface area (Å²) in [5.74, 6) is -0.346. The highest BCUT2D eigenvalue weighted by Gasteiger charge is 2.14. The third-order valence-corrected chi connectivity index (χ3v) is 3.13. The van der Waals surface area contributed by atoms with Gasteiger partial charge in [0, 0.05) is 12.7 Å². The van der Waals surface area contributed by atoms with Gasteiger partial charge in [0.15, 0.2) is 0 Å². The quantitative estimate of drug-likeness (QED) is 0.663. The van der Waals surface area contributed by atoms with Gasteiger partial charge in [-0.25, -0.2) is 0 Å². The molecule has 7 heteroatoms. The molecule has 21 heavy (non-hydrogen) atoms. The molecule has 1 rings (SSSR count). The Morgan fingerprint density at radius 3 is 2.52 bits per heavy atom. The first-order chi connectivity index (χ1) is 9.96. The molecule has 0 unspecified atom stereocenters. The molecule has 0 saturated heterocycles. The minimum atomic E-state index is -0.223. The Labute approximate surface area is 129 Å². The Morgan fingerprint density at radius 2 is 1.95 bits per heavy atom. The SMILES string of the molecule is CCCN(CC(=O)NC)CC(=O)Nc1ccc(N)cc1Cl. The number of nitrogens with two attached hydrogens (primary N) is 1. The van der Waals surface area contributed by atoms with Crippen LogP contribution in [0.1, 0.15) is 13.3 Å². The van der Waals surface area contributed by atoms with Gasteiger partial charge in [-0.15, -0.1) is 0 Å². The number of benzene rings is 1. The van der Waals surface area contributed by atoms with Crippen LogP contribution in [0.5, 0.6) is 0 Å². The highest BCUT2D eigenvalue weighted by molar-refractivity contribution is 6.34. The summed E-state index contributed by atoms with van der Waals surface area (Å²) >= 11 is 6.01. The van der Waals surface area contributed by atoms with E-state index in [-0.39, 0.29) is 24.9 Å². The number of carbonyl (C=O) groups excluding carboxylic acids is 2. The normalized spacial score (nSPS) is 10.5. The van der Waals surface area contributed by atoms with Gasteiger partial charge in [0.2, 0.25) is 11.8 Å². The van der Waals surface area contributed by atoms with Gasteiger partial charge < -0.3 is 16.4 Å². The molecule has 6 nitrogen and oxygen atoms in total. The van der Waals surface area contributed by atoms with Crippen molar-refractivity contribution in [3.63, 3.8) is 0 Å². The molecule has 1 aromatic carbocycles. The number of carbonyl (C=O) groups is 2. The first-order valence-electron chi connectivity index (χ1n) is 6.74. The van der Waals surface area contributed by atoms with Gasteiger partial charge in [-0.2, -0.15) is 0 Å². The van der Waals surface area contributed by atoms with Gasteiger partial charge in [-0.3, -0.25) is 14.5 Å². The smallest absolute Gasteiger partial charge is 0.238 e. The molecule has 0 atom stereocenters. The second-order valence-corrected chi connectivity index (χ2v) is 5.08. The molecule has 2 amide bonds. The second kappa shape index (κ2) is 8.49. The van der Waals surface area contributed by atoms with Crippen molar-refractivity contribution < 1.29 is 9.59 Å². The first-order valence-corrected chi connectivity index (χ1v) is 7.11. The van der Waals surface area contributed by atoms with Crippen LogP contribution in [0.15, 0.2) is 18.2 Å². The van der Waals surface area contributed by atoms with E-state index in [9.17, 15) is 9.59 Å². The Kier molecular flexibility index (Phi) is 6.98. The minimum Gasteiger partial charge on any atom is -0.399 e. The number of hydrogen-bond acceptors (Lipinski definition) is 4. The Morgan fingerprint density at radius 1 is 1.29 bits per heavy atom. The molecule has 1 aromatic rings. The van der Waals surface area contributed by atoms with E-state index in [4.69, 9.17) is 17.3 Å². The lowest BCUT2D eigenvalue weighted by molar-refractivity contribution is -0.123. The topological polar surface area (TPSA) is 87.5 Å². The molecule has 0 heterocycles. The second-order valence-electron chi connectivity index (χ2n) is 4.67. The summed E-state index contributed by atoms with van der Waals surface area (Å²) < 4.78 is 0. The molecule has 0 aliphatic rings. The summed E-state index contributed by atoms with van der Waals surface area (Å²) in [7, 11) is 1.57. The summed E-state index contributed by atoms with van der Waals surface area (Å²) in [6, 6.07) is 4.89. The van der Waals surface area contributed by atoms with Crippen LogP contribution in [0.25, 0.3) is 0 Å². The number of rotatable bonds is 7. The maximum absolute atomic E-state index is 12.0. The van der Waals surface area contributed by atoms with Crippen molar-refractivity contribution in [2.24, 2.45) is 0 Å². The summed E-state index contributed by atoms with van der Waals surface area (Å²) in [4.78, 5) is 25.2. The van der Waals surface area contributed by atoms with Crippen molar-refractivity contribution in [1.82, 2.24) is 10.2 Å². The standard InChI is InChI=1S/C14H21ClN4O2/c1-3-6-19(8-13(20)17-2)9-14(21)18-12-5-4-10(16)7-11(12)15/h4-5,7H,3,6,8-9,16H2,1-2H3,(H,17,20)(H,18,21). The third kappa shape index (κ3) is 6.01. The fraction of sp³-hybridized carbons (Fsp3) is 0.429. The van der Waals surface area contributed by atoms with Gasteiger partial charge in [0.1, 0.15) is 0 Å². The maximum atomic E-state index is 12.0. The Bertz CT molecular complexity index is 508. The van der Waals surface area contributed by atoms with Gasteiger partial charge in [0.25, 0.3) is 0 Å². The molecule has 0 aliphatic carbocycles. The van der Waals surface area contributed by atoms with E-state index in [0.29, 0.717) is 22.9 Å². The monoisotopic (exact) mass is 312 g/mol. The first kappa shape index (κ1) is 17.3. The molecule has 0 aliphatic heterocycles. The van der Waals surface area contributed by atoms with E-state index in [1.807, 2.05) is 6.92 Å². The van der Waals surface area contributed by atoms with E-state index in [1.165, 1.54) is 0 Å². The zero-order valence-electron chi connectivity index (χ0n) is 12.3. The molecule has 0 bridgehead atoms. The fourth-order valence-electron chi connectivity index (χ4n) is 1.84. The lowest BCUT2D eigenvalue weighted by Gasteiger charge is -2.20. The summed E-state index contributed by atoms with van der Waals surface area (Å²) in [5.41, 5.74) is 6.64. The van der Waals surface area contributed by atoms with Crippen LogP contribution in [0.3, 0.4) is 0 Å². The zero-order valence-corrected chi connectivity index (χ0v) is 13.0. The molecule has 0 radical (unpaired) electrons. The minimum absolute atomic E-state index is 0.123. The van der Waals surface area contributed by atoms with Gasteiger partial charge in [-0.1, -0.05) is 18.5 Å². The average Bonchev–Trinajstić information content (AvgIpc) is 2.42. The predicted molar refractivity (Wildman–Crippen MR) is 85.3 cm³/mol. The summed E-state index contributed by atoms with van der Waals surface area (Å²) in [6.45, 7) is 2.97.